The van der Waals surface area contributed by atoms with Crippen molar-refractivity contribution in [2.45, 2.75) is 32.6 Å². The lowest BCUT2D eigenvalue weighted by Crippen LogP contribution is -2.39. The van der Waals surface area contributed by atoms with Crippen molar-refractivity contribution in [1.29, 1.82) is 0 Å². The minimum absolute atomic E-state index is 0.0426. The summed E-state index contributed by atoms with van der Waals surface area (Å²) < 4.78 is 25.4. The Balaban J connectivity index is 2.06. The molecule has 0 aliphatic carbocycles. The topological polar surface area (TPSA) is 57.7 Å². The van der Waals surface area contributed by atoms with Gasteiger partial charge in [-0.25, -0.2) is 8.42 Å². The summed E-state index contributed by atoms with van der Waals surface area (Å²) in [6.45, 7) is 3.70. The third-order valence-electron chi connectivity index (χ3n) is 3.93. The molecule has 0 saturated carbocycles. The Kier molecular flexibility index (Phi) is 5.45. The summed E-state index contributed by atoms with van der Waals surface area (Å²) >= 11 is 0. The molecular weight excluding hydrogens is 300 g/mol. The minimum atomic E-state index is -3.40. The number of carbonyl (C=O) groups is 1. The molecule has 0 unspecified atom stereocenters. The second-order valence-electron chi connectivity index (χ2n) is 5.87. The molecule has 1 aliphatic rings. The Labute approximate surface area is 133 Å². The summed E-state index contributed by atoms with van der Waals surface area (Å²) in [6.07, 6.45) is 4.66. The summed E-state index contributed by atoms with van der Waals surface area (Å²) in [4.78, 5) is 14.1. The second kappa shape index (κ2) is 7.13. The number of hydrogen-bond acceptors (Lipinski definition) is 3. The largest absolute Gasteiger partial charge is 0.343 e. The maximum atomic E-state index is 12.2. The maximum absolute atomic E-state index is 12.2. The van der Waals surface area contributed by atoms with Gasteiger partial charge in [-0.2, -0.15) is 0 Å². The Hall–Kier alpha value is -1.56. The molecule has 22 heavy (non-hydrogen) atoms. The Bertz CT molecular complexity index is 622. The van der Waals surface area contributed by atoms with Crippen molar-refractivity contribution < 1.29 is 13.2 Å². The van der Waals surface area contributed by atoms with Gasteiger partial charge in [0, 0.05) is 26.1 Å². The monoisotopic (exact) mass is 324 g/mol. The highest BCUT2D eigenvalue weighted by molar-refractivity contribution is 7.92. The number of nitrogens with zero attached hydrogens (tertiary/aromatic N) is 2. The molecule has 6 heteroatoms. The zero-order valence-corrected chi connectivity index (χ0v) is 14.1. The lowest BCUT2D eigenvalue weighted by atomic mass is 10.1. The molecule has 0 bridgehead atoms. The van der Waals surface area contributed by atoms with E-state index in [9.17, 15) is 13.2 Å². The molecule has 0 radical (unpaired) electrons. The van der Waals surface area contributed by atoms with E-state index in [1.54, 1.807) is 6.07 Å². The molecule has 0 N–H and O–H groups in total. The van der Waals surface area contributed by atoms with Crippen LogP contribution in [0.2, 0.25) is 0 Å². The number of sulfonamides is 1. The van der Waals surface area contributed by atoms with Crippen molar-refractivity contribution in [3.63, 3.8) is 0 Å². The first-order valence-electron chi connectivity index (χ1n) is 7.70. The Morgan fingerprint density at radius 3 is 2.50 bits per heavy atom. The Morgan fingerprint density at radius 2 is 1.91 bits per heavy atom. The van der Waals surface area contributed by atoms with Crippen LogP contribution in [0.3, 0.4) is 0 Å². The van der Waals surface area contributed by atoms with Crippen LogP contribution >= 0.6 is 0 Å². The fourth-order valence-electron chi connectivity index (χ4n) is 2.77. The van der Waals surface area contributed by atoms with Gasteiger partial charge in [-0.05, 0) is 43.9 Å². The minimum Gasteiger partial charge on any atom is -0.343 e. The van der Waals surface area contributed by atoms with Gasteiger partial charge in [0.15, 0.2) is 0 Å². The van der Waals surface area contributed by atoms with Crippen molar-refractivity contribution in [3.8, 4) is 0 Å². The molecule has 5 nitrogen and oxygen atoms in total. The molecule has 1 heterocycles. The van der Waals surface area contributed by atoms with E-state index in [4.69, 9.17) is 0 Å². The van der Waals surface area contributed by atoms with Crippen LogP contribution < -0.4 is 4.31 Å². The van der Waals surface area contributed by atoms with E-state index in [1.807, 2.05) is 30.0 Å². The quantitative estimate of drug-likeness (QED) is 0.834. The average molecular weight is 324 g/mol. The first-order chi connectivity index (χ1) is 10.4. The number of benzene rings is 1. The lowest BCUT2D eigenvalue weighted by molar-refractivity contribution is -0.131. The van der Waals surface area contributed by atoms with Crippen LogP contribution in [0.25, 0.3) is 0 Å². The first-order valence-corrected chi connectivity index (χ1v) is 9.55. The smallest absolute Gasteiger partial charge is 0.232 e. The number of amides is 1. The van der Waals surface area contributed by atoms with E-state index in [0.717, 1.165) is 31.5 Å². The van der Waals surface area contributed by atoms with Gasteiger partial charge in [-0.15, -0.1) is 0 Å². The molecule has 0 atom stereocenters. The molecule has 1 aliphatic heterocycles. The van der Waals surface area contributed by atoms with Gasteiger partial charge in [0.05, 0.1) is 11.9 Å². The van der Waals surface area contributed by atoms with Gasteiger partial charge in [0.1, 0.15) is 0 Å². The third-order valence-corrected chi connectivity index (χ3v) is 5.12. The highest BCUT2D eigenvalue weighted by atomic mass is 32.2. The average Bonchev–Trinajstić information content (AvgIpc) is 2.47. The Morgan fingerprint density at radius 1 is 1.23 bits per heavy atom. The van der Waals surface area contributed by atoms with Crippen LogP contribution in [0.15, 0.2) is 24.3 Å². The summed E-state index contributed by atoms with van der Waals surface area (Å²) in [5.41, 5.74) is 1.61. The van der Waals surface area contributed by atoms with Crippen LogP contribution in [0.5, 0.6) is 0 Å². The zero-order valence-electron chi connectivity index (χ0n) is 13.3. The predicted octanol–water partition coefficient (Wildman–Crippen LogP) is 2.16. The van der Waals surface area contributed by atoms with Gasteiger partial charge in [0.25, 0.3) is 0 Å². The van der Waals surface area contributed by atoms with Crippen LogP contribution in [-0.4, -0.2) is 45.1 Å². The van der Waals surface area contributed by atoms with Gasteiger partial charge < -0.3 is 4.90 Å². The number of likely N-dealkylation sites (tertiary alicyclic amines) is 1. The van der Waals surface area contributed by atoms with Crippen LogP contribution in [0, 0.1) is 6.92 Å². The molecule has 2 rings (SSSR count). The molecule has 1 aromatic carbocycles. The number of anilines is 1. The fourth-order valence-corrected chi connectivity index (χ4v) is 3.69. The molecule has 1 aromatic rings. The first kappa shape index (κ1) is 16.8. The number of rotatable bonds is 5. The number of hydrogen-bond donors (Lipinski definition) is 0. The molecule has 1 amide bonds. The van der Waals surface area contributed by atoms with E-state index >= 15 is 0 Å². The number of carbonyl (C=O) groups excluding carboxylic acids is 1. The van der Waals surface area contributed by atoms with Crippen molar-refractivity contribution >= 4 is 21.6 Å². The van der Waals surface area contributed by atoms with Crippen LogP contribution in [0.4, 0.5) is 5.69 Å². The molecule has 1 saturated heterocycles. The molecule has 0 spiro atoms. The van der Waals surface area contributed by atoms with Crippen molar-refractivity contribution in [2.24, 2.45) is 0 Å². The summed E-state index contributed by atoms with van der Waals surface area (Å²) in [5.74, 6) is 0.0426. The standard InChI is InChI=1S/C16H24N2O3S/c1-14-7-6-8-15(13-14)18(22(2,20)21)12-9-16(19)17-10-4-3-5-11-17/h6-8,13H,3-5,9-12H2,1-2H3. The van der Waals surface area contributed by atoms with Gasteiger partial charge in [0.2, 0.25) is 15.9 Å². The zero-order chi connectivity index (χ0) is 16.2. The molecule has 122 valence electrons. The van der Waals surface area contributed by atoms with E-state index in [-0.39, 0.29) is 18.9 Å². The summed E-state index contributed by atoms with van der Waals surface area (Å²) in [6, 6.07) is 7.34. The van der Waals surface area contributed by atoms with Crippen molar-refractivity contribution in [1.82, 2.24) is 4.90 Å². The second-order valence-corrected chi connectivity index (χ2v) is 7.77. The highest BCUT2D eigenvalue weighted by Gasteiger charge is 2.21. The lowest BCUT2D eigenvalue weighted by Gasteiger charge is -2.28. The maximum Gasteiger partial charge on any atom is 0.232 e. The van der Waals surface area contributed by atoms with E-state index in [0.29, 0.717) is 5.69 Å². The summed E-state index contributed by atoms with van der Waals surface area (Å²) in [7, 11) is -3.40. The molecule has 0 aromatic heterocycles. The van der Waals surface area contributed by atoms with E-state index in [1.165, 1.54) is 17.0 Å². The summed E-state index contributed by atoms with van der Waals surface area (Å²) in [5, 5.41) is 0. The van der Waals surface area contributed by atoms with Crippen molar-refractivity contribution in [3.05, 3.63) is 29.8 Å². The normalized spacial score (nSPS) is 15.6. The highest BCUT2D eigenvalue weighted by Crippen LogP contribution is 2.20. The third kappa shape index (κ3) is 4.47. The van der Waals surface area contributed by atoms with Gasteiger partial charge >= 0.3 is 0 Å². The van der Waals surface area contributed by atoms with Gasteiger partial charge in [-0.1, -0.05) is 12.1 Å². The SMILES string of the molecule is Cc1cccc(N(CCC(=O)N2CCCCC2)S(C)(=O)=O)c1. The fraction of sp³-hybridized carbons (Fsp3) is 0.562. The van der Waals surface area contributed by atoms with Crippen molar-refractivity contribution in [2.75, 3.05) is 30.2 Å². The van der Waals surface area contributed by atoms with Crippen LogP contribution in [0.1, 0.15) is 31.2 Å². The predicted molar refractivity (Wildman–Crippen MR) is 88.4 cm³/mol. The van der Waals surface area contributed by atoms with E-state index < -0.39 is 10.0 Å². The van der Waals surface area contributed by atoms with Crippen LogP contribution in [-0.2, 0) is 14.8 Å². The molecular formula is C16H24N2O3S. The number of aryl methyl sites for hydroxylation is 1. The van der Waals surface area contributed by atoms with E-state index in [2.05, 4.69) is 0 Å². The number of piperidine rings is 1. The van der Waals surface area contributed by atoms with Gasteiger partial charge in [-0.3, -0.25) is 9.10 Å². The molecule has 1 fully saturated rings.